The van der Waals surface area contributed by atoms with E-state index in [1.807, 2.05) is 0 Å². The lowest BCUT2D eigenvalue weighted by Gasteiger charge is -2.33. The number of piperazine rings is 1. The maximum absolute atomic E-state index is 12.2. The molecule has 3 rings (SSSR count). The van der Waals surface area contributed by atoms with Gasteiger partial charge >= 0.3 is 17.9 Å². The van der Waals surface area contributed by atoms with E-state index in [0.717, 1.165) is 12.8 Å². The maximum atomic E-state index is 12.2. The Morgan fingerprint density at radius 1 is 1.10 bits per heavy atom. The molecule has 0 bridgehead atoms. The van der Waals surface area contributed by atoms with Crippen molar-refractivity contribution in [2.24, 2.45) is 0 Å². The Hall–Kier alpha value is -2.69. The molecular weight excluding hydrogens is 404 g/mol. The quantitative estimate of drug-likeness (QED) is 0.647. The van der Waals surface area contributed by atoms with Crippen LogP contribution in [0.2, 0.25) is 0 Å². The molecule has 0 aromatic carbocycles. The maximum Gasteiger partial charge on any atom is 0.408 e. The van der Waals surface area contributed by atoms with Crippen LogP contribution >= 0.6 is 0 Å². The first-order chi connectivity index (χ1) is 14.4. The van der Waals surface area contributed by atoms with Gasteiger partial charge < -0.3 is 24.8 Å². The van der Waals surface area contributed by atoms with E-state index in [-0.39, 0.29) is 6.04 Å². The second-order valence-electron chi connectivity index (χ2n) is 9.58. The van der Waals surface area contributed by atoms with Gasteiger partial charge in [-0.05, 0) is 47.5 Å². The number of hydrogen-bond donors (Lipinski definition) is 2. The minimum absolute atomic E-state index is 0.165. The number of amides is 3. The molecule has 0 radical (unpaired) electrons. The van der Waals surface area contributed by atoms with E-state index >= 15 is 0 Å². The zero-order valence-electron chi connectivity index (χ0n) is 18.9. The van der Waals surface area contributed by atoms with Crippen LogP contribution in [0.1, 0.15) is 59.2 Å². The minimum Gasteiger partial charge on any atom is -0.444 e. The van der Waals surface area contributed by atoms with Crippen molar-refractivity contribution in [3.63, 3.8) is 0 Å². The SMILES string of the molecule is CC(C)(C)OC(=O)NC(C)(C)c1noc(CN2CCN(C(=O)C(=O)NC3CC3)CC2)n1. The molecule has 1 aromatic rings. The molecule has 11 nitrogen and oxygen atoms in total. The van der Waals surface area contributed by atoms with Gasteiger partial charge in [0.25, 0.3) is 0 Å². The van der Waals surface area contributed by atoms with Crippen LogP contribution in [-0.4, -0.2) is 75.7 Å². The van der Waals surface area contributed by atoms with Gasteiger partial charge in [0.05, 0.1) is 6.54 Å². The number of aromatic nitrogens is 2. The second-order valence-corrected chi connectivity index (χ2v) is 9.58. The van der Waals surface area contributed by atoms with Gasteiger partial charge in [-0.2, -0.15) is 4.98 Å². The number of nitrogens with zero attached hydrogens (tertiary/aromatic N) is 4. The Kier molecular flexibility index (Phi) is 6.54. The summed E-state index contributed by atoms with van der Waals surface area (Å²) in [5.41, 5.74) is -1.48. The molecule has 0 atom stereocenters. The first-order valence-corrected chi connectivity index (χ1v) is 10.6. The molecule has 1 aliphatic carbocycles. The van der Waals surface area contributed by atoms with Crippen LogP contribution in [0, 0.1) is 0 Å². The van der Waals surface area contributed by atoms with E-state index in [1.54, 1.807) is 39.5 Å². The number of nitrogens with one attached hydrogen (secondary N) is 2. The molecule has 1 saturated heterocycles. The standard InChI is InChI=1S/C20H32N6O5/c1-19(2,3)30-18(29)23-20(4,5)17-22-14(31-24-17)12-25-8-10-26(11-9-25)16(28)15(27)21-13-6-7-13/h13H,6-12H2,1-5H3,(H,21,27)(H,23,29). The normalized spacial score (nSPS) is 17.9. The van der Waals surface area contributed by atoms with E-state index < -0.39 is 29.0 Å². The van der Waals surface area contributed by atoms with E-state index in [9.17, 15) is 14.4 Å². The van der Waals surface area contributed by atoms with Gasteiger partial charge in [-0.25, -0.2) is 4.79 Å². The summed E-state index contributed by atoms with van der Waals surface area (Å²) in [6, 6.07) is 0.165. The molecule has 0 unspecified atom stereocenters. The average Bonchev–Trinajstić information content (AvgIpc) is 3.33. The highest BCUT2D eigenvalue weighted by Crippen LogP contribution is 2.20. The van der Waals surface area contributed by atoms with Crippen molar-refractivity contribution < 1.29 is 23.6 Å². The fourth-order valence-corrected chi connectivity index (χ4v) is 3.11. The summed E-state index contributed by atoms with van der Waals surface area (Å²) in [6.45, 7) is 11.4. The minimum atomic E-state index is -0.871. The summed E-state index contributed by atoms with van der Waals surface area (Å²) in [7, 11) is 0. The van der Waals surface area contributed by atoms with Crippen LogP contribution in [-0.2, 0) is 26.4 Å². The zero-order valence-corrected chi connectivity index (χ0v) is 18.9. The number of alkyl carbamates (subject to hydrolysis) is 1. The Balaban J connectivity index is 1.48. The van der Waals surface area contributed by atoms with Crippen LogP contribution in [0.4, 0.5) is 4.79 Å². The molecule has 2 heterocycles. The predicted octanol–water partition coefficient (Wildman–Crippen LogP) is 0.752. The topological polar surface area (TPSA) is 130 Å². The molecule has 172 valence electrons. The number of carbonyl (C=O) groups is 3. The number of ether oxygens (including phenoxy) is 1. The highest BCUT2D eigenvalue weighted by molar-refractivity contribution is 6.35. The first-order valence-electron chi connectivity index (χ1n) is 10.6. The summed E-state index contributed by atoms with van der Waals surface area (Å²) in [5.74, 6) is -0.224. The molecule has 31 heavy (non-hydrogen) atoms. The van der Waals surface area contributed by atoms with Gasteiger partial charge in [0.1, 0.15) is 11.1 Å². The van der Waals surface area contributed by atoms with E-state index in [0.29, 0.717) is 44.4 Å². The van der Waals surface area contributed by atoms with Gasteiger partial charge in [0, 0.05) is 32.2 Å². The van der Waals surface area contributed by atoms with Gasteiger partial charge in [-0.15, -0.1) is 0 Å². The monoisotopic (exact) mass is 436 g/mol. The second kappa shape index (κ2) is 8.81. The van der Waals surface area contributed by atoms with Crippen LogP contribution in [0.5, 0.6) is 0 Å². The first kappa shape index (κ1) is 23.0. The highest BCUT2D eigenvalue weighted by Gasteiger charge is 2.33. The largest absolute Gasteiger partial charge is 0.444 e. The van der Waals surface area contributed by atoms with Crippen LogP contribution in [0.25, 0.3) is 0 Å². The summed E-state index contributed by atoms with van der Waals surface area (Å²) < 4.78 is 10.6. The predicted molar refractivity (Wildman–Crippen MR) is 110 cm³/mol. The van der Waals surface area contributed by atoms with Crippen LogP contribution < -0.4 is 10.6 Å². The number of rotatable bonds is 5. The smallest absolute Gasteiger partial charge is 0.408 e. The lowest BCUT2D eigenvalue weighted by atomic mass is 10.1. The fourth-order valence-electron chi connectivity index (χ4n) is 3.11. The third-order valence-corrected chi connectivity index (χ3v) is 4.97. The summed E-state index contributed by atoms with van der Waals surface area (Å²) >= 11 is 0. The Labute approximate surface area is 181 Å². The van der Waals surface area contributed by atoms with Gasteiger partial charge in [-0.1, -0.05) is 5.16 Å². The van der Waals surface area contributed by atoms with Crippen molar-refractivity contribution >= 4 is 17.9 Å². The van der Waals surface area contributed by atoms with E-state index in [2.05, 4.69) is 25.7 Å². The van der Waals surface area contributed by atoms with Gasteiger partial charge in [0.2, 0.25) is 5.89 Å². The Morgan fingerprint density at radius 3 is 2.32 bits per heavy atom. The van der Waals surface area contributed by atoms with Crippen LogP contribution in [0.15, 0.2) is 4.52 Å². The van der Waals surface area contributed by atoms with Crippen molar-refractivity contribution in [1.82, 2.24) is 30.6 Å². The molecule has 1 aliphatic heterocycles. The molecule has 2 fully saturated rings. The average molecular weight is 437 g/mol. The van der Waals surface area contributed by atoms with Crippen molar-refractivity contribution in [3.05, 3.63) is 11.7 Å². The van der Waals surface area contributed by atoms with Crippen molar-refractivity contribution in [3.8, 4) is 0 Å². The zero-order chi connectivity index (χ0) is 22.8. The molecule has 1 aromatic heterocycles. The van der Waals surface area contributed by atoms with Crippen LogP contribution in [0.3, 0.4) is 0 Å². The molecule has 0 spiro atoms. The highest BCUT2D eigenvalue weighted by atomic mass is 16.6. The Bertz CT molecular complexity index is 818. The van der Waals surface area contributed by atoms with Gasteiger partial charge in [0.15, 0.2) is 5.82 Å². The lowest BCUT2D eigenvalue weighted by molar-refractivity contribution is -0.147. The van der Waals surface area contributed by atoms with Crippen molar-refractivity contribution in [1.29, 1.82) is 0 Å². The molecule has 2 N–H and O–H groups in total. The number of carbonyl (C=O) groups excluding carboxylic acids is 3. The van der Waals surface area contributed by atoms with E-state index in [4.69, 9.17) is 9.26 Å². The fraction of sp³-hybridized carbons (Fsp3) is 0.750. The third-order valence-electron chi connectivity index (χ3n) is 4.97. The van der Waals surface area contributed by atoms with E-state index in [1.165, 1.54) is 0 Å². The van der Waals surface area contributed by atoms with Crippen molar-refractivity contribution in [2.45, 2.75) is 71.2 Å². The van der Waals surface area contributed by atoms with Crippen molar-refractivity contribution in [2.75, 3.05) is 26.2 Å². The molecule has 2 aliphatic rings. The molecule has 1 saturated carbocycles. The summed E-state index contributed by atoms with van der Waals surface area (Å²) in [6.07, 6.45) is 1.34. The summed E-state index contributed by atoms with van der Waals surface area (Å²) in [4.78, 5) is 44.3. The lowest BCUT2D eigenvalue weighted by Crippen LogP contribution is -2.52. The molecular formula is C20H32N6O5. The molecule has 11 heteroatoms. The third kappa shape index (κ3) is 6.65. The number of hydrogen-bond acceptors (Lipinski definition) is 8. The summed E-state index contributed by atoms with van der Waals surface area (Å²) in [5, 5.41) is 9.48. The Morgan fingerprint density at radius 2 is 1.74 bits per heavy atom. The molecule has 3 amide bonds. The van der Waals surface area contributed by atoms with Gasteiger partial charge in [-0.3, -0.25) is 14.5 Å².